The van der Waals surface area contributed by atoms with Gasteiger partial charge < -0.3 is 10.6 Å². The minimum absolute atomic E-state index is 0.794. The van der Waals surface area contributed by atoms with Crippen LogP contribution in [-0.4, -0.2) is 26.0 Å². The van der Waals surface area contributed by atoms with Crippen molar-refractivity contribution in [3.05, 3.63) is 0 Å². The molecule has 1 unspecified atom stereocenters. The maximum Gasteiger partial charge on any atom is 0.207 e. The highest BCUT2D eigenvalue weighted by molar-refractivity contribution is 5.45. The van der Waals surface area contributed by atoms with Gasteiger partial charge in [-0.05, 0) is 31.8 Å². The Balaban J connectivity index is 0.000000796. The third-order valence-electron chi connectivity index (χ3n) is 5.06. The largest absolute Gasteiger partial charge is 0.359 e. The predicted molar refractivity (Wildman–Crippen MR) is 111 cm³/mol. The van der Waals surface area contributed by atoms with Crippen LogP contribution in [0.3, 0.4) is 0 Å². The van der Waals surface area contributed by atoms with E-state index in [1.807, 2.05) is 0 Å². The molecule has 1 rings (SSSR count). The molecule has 0 radical (unpaired) electrons. The van der Waals surface area contributed by atoms with Gasteiger partial charge in [0.1, 0.15) is 0 Å². The third-order valence-corrected chi connectivity index (χ3v) is 5.06. The van der Waals surface area contributed by atoms with Crippen molar-refractivity contribution in [1.29, 1.82) is 0 Å². The van der Waals surface area contributed by atoms with Gasteiger partial charge in [-0.25, -0.2) is 0 Å². The van der Waals surface area contributed by atoms with E-state index < -0.39 is 0 Å². The lowest BCUT2D eigenvalue weighted by atomic mass is 10.0. The molecule has 150 valence electrons. The quantitative estimate of drug-likeness (QED) is 0.270. The van der Waals surface area contributed by atoms with Crippen LogP contribution in [0.4, 0.5) is 0 Å². The summed E-state index contributed by atoms with van der Waals surface area (Å²) in [4.78, 5) is 10.0. The number of carbonyl (C=O) groups is 1. The fourth-order valence-electron chi connectivity index (χ4n) is 3.28. The molecule has 0 aromatic carbocycles. The van der Waals surface area contributed by atoms with Crippen LogP contribution in [0.5, 0.6) is 0 Å². The van der Waals surface area contributed by atoms with Crippen LogP contribution < -0.4 is 10.6 Å². The average Bonchev–Trinajstić information content (AvgIpc) is 3.10. The topological polar surface area (TPSA) is 41.1 Å². The minimum Gasteiger partial charge on any atom is -0.359 e. The van der Waals surface area contributed by atoms with Gasteiger partial charge in [-0.2, -0.15) is 0 Å². The molecule has 3 heteroatoms. The van der Waals surface area contributed by atoms with E-state index in [0.717, 1.165) is 25.3 Å². The van der Waals surface area contributed by atoms with Crippen molar-refractivity contribution in [2.24, 2.45) is 5.92 Å². The molecule has 0 saturated carbocycles. The number of carbonyl (C=O) groups excluding carboxylic acids is 1. The molecule has 1 heterocycles. The molecule has 25 heavy (non-hydrogen) atoms. The van der Waals surface area contributed by atoms with Crippen molar-refractivity contribution in [2.75, 3.05) is 19.6 Å². The molecule has 1 fully saturated rings. The van der Waals surface area contributed by atoms with Crippen LogP contribution >= 0.6 is 0 Å². The Kier molecular flexibility index (Phi) is 21.0. The molecule has 3 nitrogen and oxygen atoms in total. The summed E-state index contributed by atoms with van der Waals surface area (Å²) in [5.74, 6) is 0.935. The van der Waals surface area contributed by atoms with E-state index in [-0.39, 0.29) is 0 Å². The molecule has 0 aliphatic carbocycles. The van der Waals surface area contributed by atoms with Gasteiger partial charge in [0.25, 0.3) is 0 Å². The molecule has 1 amide bonds. The van der Waals surface area contributed by atoms with Crippen LogP contribution in [0.15, 0.2) is 0 Å². The summed E-state index contributed by atoms with van der Waals surface area (Å²) in [5, 5.41) is 5.98. The summed E-state index contributed by atoms with van der Waals surface area (Å²) in [6, 6.07) is 0. The summed E-state index contributed by atoms with van der Waals surface area (Å²) in [5.41, 5.74) is 0. The van der Waals surface area contributed by atoms with Gasteiger partial charge in [-0.15, -0.1) is 0 Å². The molecule has 0 spiro atoms. The van der Waals surface area contributed by atoms with Crippen molar-refractivity contribution in [3.63, 3.8) is 0 Å². The first-order chi connectivity index (χ1) is 12.3. The number of nitrogens with one attached hydrogen (secondary N) is 2. The van der Waals surface area contributed by atoms with E-state index in [1.165, 1.54) is 103 Å². The second kappa shape index (κ2) is 21.5. The highest BCUT2D eigenvalue weighted by Gasteiger charge is 2.06. The lowest BCUT2D eigenvalue weighted by Gasteiger charge is -2.03. The van der Waals surface area contributed by atoms with Crippen molar-refractivity contribution >= 4 is 6.41 Å². The van der Waals surface area contributed by atoms with Crippen LogP contribution in [0.25, 0.3) is 0 Å². The Labute approximate surface area is 158 Å². The van der Waals surface area contributed by atoms with Crippen LogP contribution in [0.2, 0.25) is 0 Å². The molecule has 2 N–H and O–H groups in total. The first-order valence-corrected chi connectivity index (χ1v) is 11.2. The fourth-order valence-corrected chi connectivity index (χ4v) is 3.28. The van der Waals surface area contributed by atoms with Crippen molar-refractivity contribution < 1.29 is 4.79 Å². The van der Waals surface area contributed by atoms with Crippen molar-refractivity contribution in [3.8, 4) is 0 Å². The first-order valence-electron chi connectivity index (χ1n) is 11.2. The Hall–Kier alpha value is -0.570. The summed E-state index contributed by atoms with van der Waals surface area (Å²) in [7, 11) is 0. The number of unbranched alkanes of at least 4 members (excludes halogenated alkanes) is 13. The lowest BCUT2D eigenvalue weighted by molar-refractivity contribution is -0.109. The molecule has 1 saturated heterocycles. The Morgan fingerprint density at radius 1 is 0.840 bits per heavy atom. The van der Waals surface area contributed by atoms with Gasteiger partial charge in [0.2, 0.25) is 6.41 Å². The molecule has 1 aliphatic rings. The number of hydrogen-bond acceptors (Lipinski definition) is 2. The van der Waals surface area contributed by atoms with Gasteiger partial charge in [0.15, 0.2) is 0 Å². The zero-order chi connectivity index (χ0) is 18.4. The zero-order valence-electron chi connectivity index (χ0n) is 17.3. The van der Waals surface area contributed by atoms with Gasteiger partial charge in [-0.3, -0.25) is 4.79 Å². The molecule has 0 aromatic heterocycles. The number of amides is 1. The predicted octanol–water partition coefficient (Wildman–Crippen LogP) is 5.83. The average molecular weight is 355 g/mol. The number of rotatable bonds is 16. The lowest BCUT2D eigenvalue weighted by Crippen LogP contribution is -2.11. The van der Waals surface area contributed by atoms with Crippen molar-refractivity contribution in [1.82, 2.24) is 10.6 Å². The normalized spacial score (nSPS) is 16.3. The van der Waals surface area contributed by atoms with Crippen LogP contribution in [0, 0.1) is 5.92 Å². The third kappa shape index (κ3) is 21.4. The van der Waals surface area contributed by atoms with E-state index in [9.17, 15) is 4.79 Å². The highest BCUT2D eigenvalue weighted by Crippen LogP contribution is 2.12. The highest BCUT2D eigenvalue weighted by atomic mass is 16.1. The number of hydrogen-bond donors (Lipinski definition) is 2. The molecule has 1 aliphatic heterocycles. The van der Waals surface area contributed by atoms with E-state index in [4.69, 9.17) is 0 Å². The van der Waals surface area contributed by atoms with Crippen molar-refractivity contribution in [2.45, 2.75) is 110 Å². The maximum absolute atomic E-state index is 10.0. The second-order valence-electron chi connectivity index (χ2n) is 7.77. The summed E-state index contributed by atoms with van der Waals surface area (Å²) in [6.45, 7) is 7.88. The Morgan fingerprint density at radius 3 is 1.64 bits per heavy atom. The van der Waals surface area contributed by atoms with E-state index in [2.05, 4.69) is 24.5 Å². The minimum atomic E-state index is 0.794. The molecule has 0 bridgehead atoms. The first kappa shape index (κ1) is 24.4. The van der Waals surface area contributed by atoms with Crippen LogP contribution in [0.1, 0.15) is 110 Å². The maximum atomic E-state index is 10.0. The summed E-state index contributed by atoms with van der Waals surface area (Å²) >= 11 is 0. The molecule has 0 aromatic rings. The zero-order valence-corrected chi connectivity index (χ0v) is 17.3. The summed E-state index contributed by atoms with van der Waals surface area (Å²) in [6.07, 6.45) is 21.5. The van der Waals surface area contributed by atoms with Gasteiger partial charge in [0.05, 0.1) is 0 Å². The smallest absolute Gasteiger partial charge is 0.207 e. The molecule has 1 atom stereocenters. The molecular weight excluding hydrogens is 308 g/mol. The Bertz CT molecular complexity index is 252. The van der Waals surface area contributed by atoms with Crippen LogP contribution in [-0.2, 0) is 4.79 Å². The SMILES string of the molecule is CC1CCNC1.CCCCCCCCCCCCCCCCNC=O. The monoisotopic (exact) mass is 354 g/mol. The fraction of sp³-hybridized carbons (Fsp3) is 0.955. The van der Waals surface area contributed by atoms with E-state index in [0.29, 0.717) is 0 Å². The van der Waals surface area contributed by atoms with E-state index >= 15 is 0 Å². The summed E-state index contributed by atoms with van der Waals surface area (Å²) < 4.78 is 0. The van der Waals surface area contributed by atoms with E-state index in [1.54, 1.807) is 0 Å². The molecular formula is C22H46N2O. The second-order valence-corrected chi connectivity index (χ2v) is 7.77. The van der Waals surface area contributed by atoms with Gasteiger partial charge in [0, 0.05) is 6.54 Å². The Morgan fingerprint density at radius 2 is 1.32 bits per heavy atom. The van der Waals surface area contributed by atoms with Gasteiger partial charge >= 0.3 is 0 Å². The standard InChI is InChI=1S/C17H35NO.C5H11N/c1-2-3-4-5-6-7-8-9-10-11-12-13-14-15-16-18-17-19;1-5-2-3-6-4-5/h17H,2-16H2,1H3,(H,18,19);5-6H,2-4H2,1H3. The van der Waals surface area contributed by atoms with Gasteiger partial charge in [-0.1, -0.05) is 97.3 Å².